The number of hydrogen-bond donors (Lipinski definition) is 0. The van der Waals surface area contributed by atoms with Crippen molar-refractivity contribution in [2.24, 2.45) is 14.1 Å². The van der Waals surface area contributed by atoms with Crippen molar-refractivity contribution in [1.29, 1.82) is 5.26 Å². The van der Waals surface area contributed by atoms with Gasteiger partial charge in [-0.2, -0.15) is 5.26 Å². The Hall–Kier alpha value is -3.39. The molecule has 3 rings (SSSR count). The molecule has 1 aromatic heterocycles. The first kappa shape index (κ1) is 16.5. The maximum Gasteiger partial charge on any atom is 0.301 e. The molecule has 1 amide bonds. The van der Waals surface area contributed by atoms with Crippen molar-refractivity contribution >= 4 is 28.2 Å². The van der Waals surface area contributed by atoms with Crippen molar-refractivity contribution in [3.05, 3.63) is 66.6 Å². The highest BCUT2D eigenvalue weighted by Gasteiger charge is 2.25. The highest BCUT2D eigenvalue weighted by Crippen LogP contribution is 2.21. The lowest BCUT2D eigenvalue weighted by Gasteiger charge is -2.16. The van der Waals surface area contributed by atoms with E-state index in [2.05, 4.69) is 6.07 Å². The van der Waals surface area contributed by atoms with Crippen LogP contribution in [-0.4, -0.2) is 10.5 Å². The minimum atomic E-state index is -0.152. The third-order valence-electron chi connectivity index (χ3n) is 4.23. The minimum absolute atomic E-state index is 0.152. The molecule has 0 fully saturated rings. The van der Waals surface area contributed by atoms with Gasteiger partial charge >= 0.3 is 5.82 Å². The lowest BCUT2D eigenvalue weighted by atomic mass is 10.2. The van der Waals surface area contributed by atoms with Gasteiger partial charge in [-0.1, -0.05) is 30.3 Å². The number of anilines is 1. The normalized spacial score (nSPS) is 11.4. The Bertz CT molecular complexity index is 970. The van der Waals surface area contributed by atoms with Crippen LogP contribution < -0.4 is 9.47 Å². The molecule has 2 aromatic carbocycles. The van der Waals surface area contributed by atoms with Crippen LogP contribution >= 0.6 is 0 Å². The molecule has 3 aromatic rings. The number of rotatable bonds is 3. The van der Waals surface area contributed by atoms with Crippen LogP contribution in [0.2, 0.25) is 0 Å². The SMILES string of the molecule is CC(=O)N(/C=C(\C#N)c1n(C)c2ccccc2[n+]1C)c1ccccc1. The second-order valence-electron chi connectivity index (χ2n) is 5.81. The summed E-state index contributed by atoms with van der Waals surface area (Å²) in [7, 11) is 3.84. The molecule has 5 heteroatoms. The predicted molar refractivity (Wildman–Crippen MR) is 97.3 cm³/mol. The summed E-state index contributed by atoms with van der Waals surface area (Å²) in [6.07, 6.45) is 1.60. The smallest absolute Gasteiger partial charge is 0.286 e. The lowest BCUT2D eigenvalue weighted by Crippen LogP contribution is -2.33. The molecule has 0 aliphatic rings. The molecule has 0 bridgehead atoms. The molecule has 0 saturated carbocycles. The quantitative estimate of drug-likeness (QED) is 0.547. The van der Waals surface area contributed by atoms with E-state index in [1.165, 1.54) is 11.8 Å². The lowest BCUT2D eigenvalue weighted by molar-refractivity contribution is -0.648. The summed E-state index contributed by atoms with van der Waals surface area (Å²) in [6, 6.07) is 19.5. The highest BCUT2D eigenvalue weighted by molar-refractivity contribution is 5.96. The number of fused-ring (bicyclic) bond motifs is 1. The van der Waals surface area contributed by atoms with Crippen LogP contribution in [-0.2, 0) is 18.9 Å². The van der Waals surface area contributed by atoms with Crippen molar-refractivity contribution in [3.63, 3.8) is 0 Å². The van der Waals surface area contributed by atoms with Crippen LogP contribution in [0.15, 0.2) is 60.8 Å². The Morgan fingerprint density at radius 1 is 1.16 bits per heavy atom. The van der Waals surface area contributed by atoms with E-state index in [1.54, 1.807) is 6.20 Å². The highest BCUT2D eigenvalue weighted by atomic mass is 16.2. The molecule has 0 aliphatic heterocycles. The van der Waals surface area contributed by atoms with Gasteiger partial charge in [-0.3, -0.25) is 9.69 Å². The largest absolute Gasteiger partial charge is 0.301 e. The summed E-state index contributed by atoms with van der Waals surface area (Å²) in [5.41, 5.74) is 3.19. The van der Waals surface area contributed by atoms with Crippen molar-refractivity contribution in [3.8, 4) is 6.07 Å². The number of benzene rings is 2. The second-order valence-corrected chi connectivity index (χ2v) is 5.81. The van der Waals surface area contributed by atoms with Gasteiger partial charge < -0.3 is 0 Å². The van der Waals surface area contributed by atoms with Gasteiger partial charge in [0, 0.05) is 18.8 Å². The number of para-hydroxylation sites is 3. The molecule has 0 N–H and O–H groups in total. The summed E-state index contributed by atoms with van der Waals surface area (Å²) in [5.74, 6) is 0.589. The third-order valence-corrected chi connectivity index (χ3v) is 4.23. The van der Waals surface area contributed by atoms with E-state index < -0.39 is 0 Å². The number of nitriles is 1. The minimum Gasteiger partial charge on any atom is -0.286 e. The van der Waals surface area contributed by atoms with Crippen molar-refractivity contribution in [2.75, 3.05) is 4.90 Å². The zero-order chi connectivity index (χ0) is 18.0. The van der Waals surface area contributed by atoms with Gasteiger partial charge in [0.15, 0.2) is 16.6 Å². The molecule has 0 radical (unpaired) electrons. The number of allylic oxidation sites excluding steroid dienone is 1. The van der Waals surface area contributed by atoms with E-state index in [0.717, 1.165) is 22.5 Å². The van der Waals surface area contributed by atoms with E-state index in [9.17, 15) is 10.1 Å². The first-order chi connectivity index (χ1) is 12.0. The molecule has 1 heterocycles. The van der Waals surface area contributed by atoms with Gasteiger partial charge in [0.1, 0.15) is 6.07 Å². The monoisotopic (exact) mass is 331 g/mol. The fourth-order valence-corrected chi connectivity index (χ4v) is 3.05. The predicted octanol–water partition coefficient (Wildman–Crippen LogP) is 2.92. The first-order valence-corrected chi connectivity index (χ1v) is 7.95. The second kappa shape index (κ2) is 6.62. The maximum atomic E-state index is 12.1. The van der Waals surface area contributed by atoms with Crippen LogP contribution in [0.4, 0.5) is 5.69 Å². The Kier molecular flexibility index (Phi) is 4.36. The van der Waals surface area contributed by atoms with Gasteiger partial charge in [-0.25, -0.2) is 9.13 Å². The Labute approximate surface area is 146 Å². The molecule has 0 unspecified atom stereocenters. The first-order valence-electron chi connectivity index (χ1n) is 7.95. The Balaban J connectivity index is 2.19. The number of aryl methyl sites for hydroxylation is 2. The van der Waals surface area contributed by atoms with Gasteiger partial charge in [-0.05, 0) is 24.3 Å². The topological polar surface area (TPSA) is 52.9 Å². The number of nitrogens with zero attached hydrogens (tertiary/aromatic N) is 4. The average Bonchev–Trinajstić information content (AvgIpc) is 2.88. The summed E-state index contributed by atoms with van der Waals surface area (Å²) >= 11 is 0. The maximum absolute atomic E-state index is 12.1. The fraction of sp³-hybridized carbons (Fsp3) is 0.150. The van der Waals surface area contributed by atoms with Crippen LogP contribution in [0.1, 0.15) is 12.7 Å². The van der Waals surface area contributed by atoms with E-state index in [0.29, 0.717) is 5.57 Å². The summed E-state index contributed by atoms with van der Waals surface area (Å²) in [5, 5.41) is 9.75. The van der Waals surface area contributed by atoms with Crippen molar-refractivity contribution < 1.29 is 9.36 Å². The Morgan fingerprint density at radius 2 is 1.80 bits per heavy atom. The molecular weight excluding hydrogens is 312 g/mol. The van der Waals surface area contributed by atoms with E-state index in [4.69, 9.17) is 0 Å². The van der Waals surface area contributed by atoms with E-state index in [-0.39, 0.29) is 5.91 Å². The number of carbonyl (C=O) groups is 1. The zero-order valence-electron chi connectivity index (χ0n) is 14.5. The summed E-state index contributed by atoms with van der Waals surface area (Å²) < 4.78 is 3.93. The van der Waals surface area contributed by atoms with Gasteiger partial charge in [0.2, 0.25) is 5.91 Å². The standard InChI is InChI=1S/C20H19N4O/c1-15(25)24(17-9-5-4-6-10-17)14-16(13-21)20-22(2)18-11-7-8-12-19(18)23(20)3/h4-12,14H,1-3H3/q+1. The number of aromatic nitrogens is 2. The van der Waals surface area contributed by atoms with Crippen molar-refractivity contribution in [1.82, 2.24) is 4.57 Å². The summed E-state index contributed by atoms with van der Waals surface area (Å²) in [6.45, 7) is 1.49. The van der Waals surface area contributed by atoms with Gasteiger partial charge in [0.05, 0.1) is 14.1 Å². The molecule has 25 heavy (non-hydrogen) atoms. The number of amides is 1. The van der Waals surface area contributed by atoms with E-state index in [1.807, 2.05) is 77.8 Å². The molecule has 0 atom stereocenters. The van der Waals surface area contributed by atoms with Crippen LogP contribution in [0, 0.1) is 11.3 Å². The molecular formula is C20H19N4O+. The zero-order valence-corrected chi connectivity index (χ0v) is 14.5. The van der Waals surface area contributed by atoms with Gasteiger partial charge in [0.25, 0.3) is 0 Å². The molecule has 5 nitrogen and oxygen atoms in total. The summed E-state index contributed by atoms with van der Waals surface area (Å²) in [4.78, 5) is 13.6. The van der Waals surface area contributed by atoms with Gasteiger partial charge in [-0.15, -0.1) is 0 Å². The van der Waals surface area contributed by atoms with Crippen LogP contribution in [0.25, 0.3) is 16.6 Å². The Morgan fingerprint density at radius 3 is 2.40 bits per heavy atom. The van der Waals surface area contributed by atoms with Crippen LogP contribution in [0.5, 0.6) is 0 Å². The van der Waals surface area contributed by atoms with Crippen molar-refractivity contribution in [2.45, 2.75) is 6.92 Å². The van der Waals surface area contributed by atoms with Crippen LogP contribution in [0.3, 0.4) is 0 Å². The third kappa shape index (κ3) is 2.90. The van der Waals surface area contributed by atoms with E-state index >= 15 is 0 Å². The molecule has 0 aliphatic carbocycles. The molecule has 124 valence electrons. The average molecular weight is 331 g/mol. The molecule has 0 spiro atoms. The number of hydrogen-bond acceptors (Lipinski definition) is 2. The number of imidazole rings is 1. The number of carbonyl (C=O) groups excluding carboxylic acids is 1. The molecule has 0 saturated heterocycles. The fourth-order valence-electron chi connectivity index (χ4n) is 3.05.